The van der Waals surface area contributed by atoms with Gasteiger partial charge in [-0.05, 0) is 6.08 Å². The Morgan fingerprint density at radius 2 is 1.90 bits per heavy atom. The van der Waals surface area contributed by atoms with Gasteiger partial charge in [0.05, 0.1) is 13.1 Å². The van der Waals surface area contributed by atoms with Crippen molar-refractivity contribution in [2.75, 3.05) is 7.11 Å². The molecule has 0 amide bonds. The number of aliphatic carboxylic acids is 1. The van der Waals surface area contributed by atoms with Crippen LogP contribution >= 0.6 is 0 Å². The summed E-state index contributed by atoms with van der Waals surface area (Å²) >= 11 is 0. The van der Waals surface area contributed by atoms with E-state index in [4.69, 9.17) is 0 Å². The molecular weight excluding hydrogens is 147 g/mol. The third-order valence-electron chi connectivity index (χ3n) is 0.557. The minimum Gasteiger partial charge on any atom is -0.545 e. The topological polar surface area (TPSA) is 66.4 Å². The molecule has 0 atom stereocenters. The fourth-order valence-corrected chi connectivity index (χ4v) is 0.204. The maximum atomic E-state index is 10.1. The van der Waals surface area contributed by atoms with Gasteiger partial charge in [-0.3, -0.25) is 0 Å². The smallest absolute Gasteiger partial charge is 0.545 e. The quantitative estimate of drug-likeness (QED) is 0.227. The summed E-state index contributed by atoms with van der Waals surface area (Å²) in [4.78, 5) is 19.7. The van der Waals surface area contributed by atoms with E-state index < -0.39 is 11.9 Å². The summed E-state index contributed by atoms with van der Waals surface area (Å²) in [6.07, 6.45) is 1.38. The van der Waals surface area contributed by atoms with Gasteiger partial charge in [-0.25, -0.2) is 4.79 Å². The molecule has 0 saturated heterocycles. The van der Waals surface area contributed by atoms with Crippen LogP contribution in [0.1, 0.15) is 0 Å². The van der Waals surface area contributed by atoms with Crippen LogP contribution in [0.4, 0.5) is 0 Å². The van der Waals surface area contributed by atoms with Gasteiger partial charge in [-0.2, -0.15) is 0 Å². The van der Waals surface area contributed by atoms with Crippen LogP contribution in [0.3, 0.4) is 0 Å². The Morgan fingerprint density at radius 3 is 2.20 bits per heavy atom. The molecular formula is C5H5NaO4. The number of carboxylic acids is 1. The Hall–Kier alpha value is -0.320. The molecule has 50 valence electrons. The molecule has 0 rings (SSSR count). The first-order chi connectivity index (χ1) is 4.16. The zero-order valence-electron chi connectivity index (χ0n) is 5.79. The predicted octanol–water partition coefficient (Wildman–Crippen LogP) is -4.53. The van der Waals surface area contributed by atoms with Crippen molar-refractivity contribution < 1.29 is 49.0 Å². The number of carbonyl (C=O) groups excluding carboxylic acids is 2. The van der Waals surface area contributed by atoms with Crippen LogP contribution in [0.2, 0.25) is 0 Å². The van der Waals surface area contributed by atoms with E-state index in [9.17, 15) is 14.7 Å². The molecule has 0 spiro atoms. The second kappa shape index (κ2) is 6.80. The van der Waals surface area contributed by atoms with E-state index in [1.54, 1.807) is 0 Å². The molecule has 0 aromatic carbocycles. The number of hydrogen-bond donors (Lipinski definition) is 0. The monoisotopic (exact) mass is 152 g/mol. The summed E-state index contributed by atoms with van der Waals surface area (Å²) in [6, 6.07) is 0. The van der Waals surface area contributed by atoms with E-state index in [1.165, 1.54) is 0 Å². The molecule has 0 bridgehead atoms. The Kier molecular flexibility index (Phi) is 8.40. The first kappa shape index (κ1) is 12.4. The molecule has 0 fully saturated rings. The van der Waals surface area contributed by atoms with Gasteiger partial charge in [-0.15, -0.1) is 0 Å². The molecule has 4 nitrogen and oxygen atoms in total. The molecule has 0 heterocycles. The Bertz CT molecular complexity index is 152. The average Bonchev–Trinajstić information content (AvgIpc) is 1.83. The number of ether oxygens (including phenoxy) is 1. The van der Waals surface area contributed by atoms with Crippen LogP contribution in [0.15, 0.2) is 12.2 Å². The zero-order valence-corrected chi connectivity index (χ0v) is 7.79. The molecule has 0 aliphatic carbocycles. The maximum absolute atomic E-state index is 10.1. The molecule has 0 N–H and O–H groups in total. The Balaban J connectivity index is 0. The van der Waals surface area contributed by atoms with Gasteiger partial charge in [0.1, 0.15) is 0 Å². The third-order valence-corrected chi connectivity index (χ3v) is 0.557. The van der Waals surface area contributed by atoms with Gasteiger partial charge >= 0.3 is 35.5 Å². The fraction of sp³-hybridized carbons (Fsp3) is 0.200. The van der Waals surface area contributed by atoms with E-state index >= 15 is 0 Å². The van der Waals surface area contributed by atoms with Crippen LogP contribution in [0.25, 0.3) is 0 Å². The van der Waals surface area contributed by atoms with Crippen LogP contribution in [0, 0.1) is 0 Å². The summed E-state index contributed by atoms with van der Waals surface area (Å²) in [5.74, 6) is -2.13. The van der Waals surface area contributed by atoms with Crippen molar-refractivity contribution in [1.82, 2.24) is 0 Å². The van der Waals surface area contributed by atoms with Gasteiger partial charge in [0.2, 0.25) is 0 Å². The number of hydrogen-bond acceptors (Lipinski definition) is 4. The number of methoxy groups -OCH3 is 1. The van der Waals surface area contributed by atoms with E-state index in [0.717, 1.165) is 13.2 Å². The molecule has 0 aliphatic rings. The first-order valence-corrected chi connectivity index (χ1v) is 2.14. The number of carboxylic acid groups (broad SMARTS) is 1. The van der Waals surface area contributed by atoms with Crippen LogP contribution in [-0.2, 0) is 14.3 Å². The van der Waals surface area contributed by atoms with Crippen molar-refractivity contribution in [3.8, 4) is 0 Å². The maximum Gasteiger partial charge on any atom is 1.00 e. The zero-order chi connectivity index (χ0) is 7.28. The summed E-state index contributed by atoms with van der Waals surface area (Å²) < 4.78 is 4.08. The number of carbonyl (C=O) groups is 2. The van der Waals surface area contributed by atoms with Gasteiger partial charge in [0.15, 0.2) is 0 Å². The summed E-state index contributed by atoms with van der Waals surface area (Å²) in [5, 5.41) is 9.61. The number of esters is 1. The molecule has 0 unspecified atom stereocenters. The summed E-state index contributed by atoms with van der Waals surface area (Å²) in [5.41, 5.74) is 0. The van der Waals surface area contributed by atoms with Crippen molar-refractivity contribution in [3.05, 3.63) is 12.2 Å². The SMILES string of the molecule is COC(=O)C=CC(=O)[O-].[Na+]. The van der Waals surface area contributed by atoms with E-state index in [2.05, 4.69) is 4.74 Å². The summed E-state index contributed by atoms with van der Waals surface area (Å²) in [7, 11) is 1.15. The largest absolute Gasteiger partial charge is 1.00 e. The molecule has 5 heteroatoms. The third kappa shape index (κ3) is 7.68. The second-order valence-corrected chi connectivity index (χ2v) is 1.18. The van der Waals surface area contributed by atoms with Gasteiger partial charge in [0, 0.05) is 6.08 Å². The van der Waals surface area contributed by atoms with Crippen LogP contribution < -0.4 is 34.7 Å². The van der Waals surface area contributed by atoms with Crippen LogP contribution in [-0.4, -0.2) is 19.0 Å². The van der Waals surface area contributed by atoms with Gasteiger partial charge < -0.3 is 14.6 Å². The predicted molar refractivity (Wildman–Crippen MR) is 26.2 cm³/mol. The van der Waals surface area contributed by atoms with Gasteiger partial charge in [-0.1, -0.05) is 0 Å². The molecule has 0 radical (unpaired) electrons. The first-order valence-electron chi connectivity index (χ1n) is 2.14. The van der Waals surface area contributed by atoms with Crippen LogP contribution in [0.5, 0.6) is 0 Å². The van der Waals surface area contributed by atoms with Gasteiger partial charge in [0.25, 0.3) is 0 Å². The molecule has 0 aliphatic heterocycles. The van der Waals surface area contributed by atoms with E-state index in [0.29, 0.717) is 6.08 Å². The second-order valence-electron chi connectivity index (χ2n) is 1.18. The summed E-state index contributed by atoms with van der Waals surface area (Å²) in [6.45, 7) is 0. The average molecular weight is 152 g/mol. The standard InChI is InChI=1S/C5H6O4.Na/c1-9-5(8)3-2-4(6)7;/h2-3H,1H3,(H,6,7);/q;+1/p-1. The minimum atomic E-state index is -1.42. The fourth-order valence-electron chi connectivity index (χ4n) is 0.204. The normalized spacial score (nSPS) is 8.50. The van der Waals surface area contributed by atoms with Crippen molar-refractivity contribution in [1.29, 1.82) is 0 Å². The van der Waals surface area contributed by atoms with Crippen molar-refractivity contribution in [3.63, 3.8) is 0 Å². The molecule has 0 saturated carbocycles. The van der Waals surface area contributed by atoms with Crippen molar-refractivity contribution in [2.24, 2.45) is 0 Å². The van der Waals surface area contributed by atoms with E-state index in [1.807, 2.05) is 0 Å². The van der Waals surface area contributed by atoms with Crippen molar-refractivity contribution in [2.45, 2.75) is 0 Å². The Morgan fingerprint density at radius 1 is 1.40 bits per heavy atom. The minimum absolute atomic E-state index is 0. The van der Waals surface area contributed by atoms with Crippen molar-refractivity contribution >= 4 is 11.9 Å². The molecule has 0 aromatic rings. The Labute approximate surface area is 80.2 Å². The van der Waals surface area contributed by atoms with E-state index in [-0.39, 0.29) is 29.6 Å². The molecule has 10 heavy (non-hydrogen) atoms. The molecule has 0 aromatic heterocycles. The number of rotatable bonds is 2.